The molecule has 1 aliphatic heterocycles. The quantitative estimate of drug-likeness (QED) is 0.830. The van der Waals surface area contributed by atoms with E-state index in [0.29, 0.717) is 37.7 Å². The molecule has 7 nitrogen and oxygen atoms in total. The molecule has 2 heterocycles. The number of anilines is 2. The Morgan fingerprint density at radius 2 is 1.74 bits per heavy atom. The van der Waals surface area contributed by atoms with Crippen molar-refractivity contribution in [1.82, 2.24) is 19.8 Å². The molecule has 0 aliphatic carbocycles. The van der Waals surface area contributed by atoms with Gasteiger partial charge < -0.3 is 20.0 Å². The van der Waals surface area contributed by atoms with E-state index in [1.165, 1.54) is 12.1 Å². The number of rotatable bonds is 6. The van der Waals surface area contributed by atoms with E-state index in [2.05, 4.69) is 25.1 Å². The number of carbonyl (C=O) groups is 1. The van der Waals surface area contributed by atoms with Gasteiger partial charge in [-0.25, -0.2) is 14.4 Å². The van der Waals surface area contributed by atoms with Crippen LogP contribution in [0.2, 0.25) is 0 Å². The van der Waals surface area contributed by atoms with Crippen LogP contribution in [0.25, 0.3) is 0 Å². The Balaban J connectivity index is 1.52. The Morgan fingerprint density at radius 1 is 1.11 bits per heavy atom. The summed E-state index contributed by atoms with van der Waals surface area (Å²) in [5, 5.41) is 3.13. The zero-order chi connectivity index (χ0) is 19.2. The Hall–Kier alpha value is -2.74. The fourth-order valence-corrected chi connectivity index (χ4v) is 2.92. The van der Waals surface area contributed by atoms with E-state index in [9.17, 15) is 9.18 Å². The average molecular weight is 372 g/mol. The predicted molar refractivity (Wildman–Crippen MR) is 104 cm³/mol. The van der Waals surface area contributed by atoms with Crippen LogP contribution in [-0.2, 0) is 0 Å². The molecular weight excluding hydrogens is 347 g/mol. The highest BCUT2D eigenvalue weighted by Gasteiger charge is 2.22. The average Bonchev–Trinajstić information content (AvgIpc) is 2.68. The molecule has 0 radical (unpaired) electrons. The van der Waals surface area contributed by atoms with E-state index in [-0.39, 0.29) is 11.7 Å². The molecule has 144 valence electrons. The van der Waals surface area contributed by atoms with Crippen LogP contribution < -0.4 is 10.2 Å². The third-order valence-electron chi connectivity index (χ3n) is 4.50. The lowest BCUT2D eigenvalue weighted by Crippen LogP contribution is -2.48. The molecule has 0 bridgehead atoms. The van der Waals surface area contributed by atoms with Gasteiger partial charge in [-0.15, -0.1) is 0 Å². The lowest BCUT2D eigenvalue weighted by molar-refractivity contribution is 0.0746. The summed E-state index contributed by atoms with van der Waals surface area (Å²) in [4.78, 5) is 27.1. The first-order valence-electron chi connectivity index (χ1n) is 9.03. The monoisotopic (exact) mass is 372 g/mol. The summed E-state index contributed by atoms with van der Waals surface area (Å²) in [6.07, 6.45) is 3.14. The first-order chi connectivity index (χ1) is 13.0. The van der Waals surface area contributed by atoms with Crippen molar-refractivity contribution in [2.24, 2.45) is 0 Å². The smallest absolute Gasteiger partial charge is 0.257 e. The van der Waals surface area contributed by atoms with Crippen LogP contribution in [0.1, 0.15) is 10.4 Å². The van der Waals surface area contributed by atoms with E-state index in [1.807, 2.05) is 14.1 Å². The molecule has 1 aromatic heterocycles. The Bertz CT molecular complexity index is 742. The van der Waals surface area contributed by atoms with Gasteiger partial charge in [-0.1, -0.05) is 0 Å². The van der Waals surface area contributed by atoms with Crippen molar-refractivity contribution in [3.05, 3.63) is 48.0 Å². The number of piperazine rings is 1. The minimum atomic E-state index is -0.243. The first kappa shape index (κ1) is 19.0. The third kappa shape index (κ3) is 5.13. The Morgan fingerprint density at radius 3 is 2.33 bits per heavy atom. The Labute approximate surface area is 158 Å². The van der Waals surface area contributed by atoms with Crippen LogP contribution in [0.3, 0.4) is 0 Å². The van der Waals surface area contributed by atoms with E-state index in [1.54, 1.807) is 29.4 Å². The van der Waals surface area contributed by atoms with Gasteiger partial charge in [0.05, 0.1) is 5.56 Å². The summed E-state index contributed by atoms with van der Waals surface area (Å²) in [6, 6.07) is 6.45. The van der Waals surface area contributed by atoms with Crippen LogP contribution in [-0.4, -0.2) is 79.0 Å². The van der Waals surface area contributed by atoms with E-state index < -0.39 is 0 Å². The van der Waals surface area contributed by atoms with Crippen molar-refractivity contribution in [2.45, 2.75) is 0 Å². The molecule has 3 rings (SSSR count). The third-order valence-corrected chi connectivity index (χ3v) is 4.50. The van der Waals surface area contributed by atoms with Crippen LogP contribution >= 0.6 is 0 Å². The lowest BCUT2D eigenvalue weighted by Gasteiger charge is -2.36. The van der Waals surface area contributed by atoms with Gasteiger partial charge in [0.15, 0.2) is 0 Å². The zero-order valence-electron chi connectivity index (χ0n) is 15.7. The van der Waals surface area contributed by atoms with Gasteiger partial charge in [-0.3, -0.25) is 4.79 Å². The number of halogens is 1. The molecule has 1 aliphatic rings. The second-order valence-corrected chi connectivity index (χ2v) is 6.78. The zero-order valence-corrected chi connectivity index (χ0v) is 15.7. The van der Waals surface area contributed by atoms with Crippen LogP contribution in [0, 0.1) is 5.82 Å². The molecule has 1 aromatic carbocycles. The second-order valence-electron chi connectivity index (χ2n) is 6.78. The Kier molecular flexibility index (Phi) is 6.18. The van der Waals surface area contributed by atoms with Crippen LogP contribution in [0.5, 0.6) is 0 Å². The maximum atomic E-state index is 13.1. The van der Waals surface area contributed by atoms with Crippen molar-refractivity contribution in [3.8, 4) is 0 Å². The number of amides is 1. The summed E-state index contributed by atoms with van der Waals surface area (Å²) in [5.41, 5.74) is 1.46. The number of nitrogens with one attached hydrogen (secondary N) is 1. The van der Waals surface area contributed by atoms with Crippen LogP contribution in [0.4, 0.5) is 16.0 Å². The molecule has 1 saturated heterocycles. The molecule has 1 fully saturated rings. The fourth-order valence-electron chi connectivity index (χ4n) is 2.92. The standard InChI is InChI=1S/C19H25FN6O/c1-24(2)8-7-21-19-22-13-15(14-23-19)18(27)26-11-9-25(10-12-26)17-5-3-16(20)4-6-17/h3-6,13-14H,7-12H2,1-2H3,(H,21,22,23). The normalized spacial score (nSPS) is 14.5. The second kappa shape index (κ2) is 8.77. The van der Waals surface area contributed by atoms with Crippen molar-refractivity contribution in [1.29, 1.82) is 0 Å². The van der Waals surface area contributed by atoms with Gasteiger partial charge in [-0.2, -0.15) is 0 Å². The minimum Gasteiger partial charge on any atom is -0.368 e. The summed E-state index contributed by atoms with van der Waals surface area (Å²) in [6.45, 7) is 4.26. The van der Waals surface area contributed by atoms with E-state index >= 15 is 0 Å². The van der Waals surface area contributed by atoms with E-state index in [4.69, 9.17) is 0 Å². The molecule has 1 N–H and O–H groups in total. The molecule has 8 heteroatoms. The predicted octanol–water partition coefficient (Wildman–Crippen LogP) is 1.55. The van der Waals surface area contributed by atoms with Crippen LogP contribution in [0.15, 0.2) is 36.7 Å². The largest absolute Gasteiger partial charge is 0.368 e. The highest BCUT2D eigenvalue weighted by atomic mass is 19.1. The molecule has 0 unspecified atom stereocenters. The van der Waals surface area contributed by atoms with Crippen molar-refractivity contribution in [2.75, 3.05) is 63.6 Å². The van der Waals surface area contributed by atoms with Gasteiger partial charge in [0.1, 0.15) is 5.82 Å². The SMILES string of the molecule is CN(C)CCNc1ncc(C(=O)N2CCN(c3ccc(F)cc3)CC2)cn1. The number of aromatic nitrogens is 2. The lowest BCUT2D eigenvalue weighted by atomic mass is 10.2. The minimum absolute atomic E-state index is 0.0615. The molecule has 2 aromatic rings. The van der Waals surface area contributed by atoms with Crippen molar-refractivity contribution >= 4 is 17.5 Å². The molecule has 27 heavy (non-hydrogen) atoms. The van der Waals surface area contributed by atoms with Crippen molar-refractivity contribution < 1.29 is 9.18 Å². The summed E-state index contributed by atoms with van der Waals surface area (Å²) in [5.74, 6) is 0.218. The number of hydrogen-bond donors (Lipinski definition) is 1. The summed E-state index contributed by atoms with van der Waals surface area (Å²) >= 11 is 0. The number of hydrogen-bond acceptors (Lipinski definition) is 6. The van der Waals surface area contributed by atoms with Gasteiger partial charge in [-0.05, 0) is 38.4 Å². The molecule has 0 saturated carbocycles. The van der Waals surface area contributed by atoms with Gasteiger partial charge in [0, 0.05) is 57.3 Å². The van der Waals surface area contributed by atoms with Gasteiger partial charge in [0.25, 0.3) is 5.91 Å². The number of carbonyl (C=O) groups excluding carboxylic acids is 1. The molecule has 0 atom stereocenters. The number of benzene rings is 1. The molecule has 1 amide bonds. The molecular formula is C19H25FN6O. The highest BCUT2D eigenvalue weighted by Crippen LogP contribution is 2.17. The number of nitrogens with zero attached hydrogens (tertiary/aromatic N) is 5. The topological polar surface area (TPSA) is 64.6 Å². The first-order valence-corrected chi connectivity index (χ1v) is 9.03. The van der Waals surface area contributed by atoms with E-state index in [0.717, 1.165) is 18.8 Å². The molecule has 0 spiro atoms. The fraction of sp³-hybridized carbons (Fsp3) is 0.421. The summed E-state index contributed by atoms with van der Waals surface area (Å²) in [7, 11) is 4.00. The maximum Gasteiger partial charge on any atom is 0.257 e. The maximum absolute atomic E-state index is 13.1. The summed E-state index contributed by atoms with van der Waals surface area (Å²) < 4.78 is 13.1. The van der Waals surface area contributed by atoms with Crippen molar-refractivity contribution in [3.63, 3.8) is 0 Å². The highest BCUT2D eigenvalue weighted by molar-refractivity contribution is 5.93. The van der Waals surface area contributed by atoms with Gasteiger partial charge in [0.2, 0.25) is 5.95 Å². The number of likely N-dealkylation sites (N-methyl/N-ethyl adjacent to an activating group) is 1. The van der Waals surface area contributed by atoms with Gasteiger partial charge >= 0.3 is 0 Å².